The second-order valence-electron chi connectivity index (χ2n) is 3.84. The third-order valence-electron chi connectivity index (χ3n) is 2.53. The molecule has 0 bridgehead atoms. The number of rotatable bonds is 5. The van der Waals surface area contributed by atoms with Crippen molar-refractivity contribution in [3.63, 3.8) is 0 Å². The zero-order valence-electron chi connectivity index (χ0n) is 9.92. The minimum absolute atomic E-state index is 0.0483. The first-order chi connectivity index (χ1) is 7.97. The van der Waals surface area contributed by atoms with Crippen LogP contribution in [-0.2, 0) is 19.4 Å². The van der Waals surface area contributed by atoms with Crippen molar-refractivity contribution in [1.82, 2.24) is 0 Å². The fourth-order valence-corrected chi connectivity index (χ4v) is 2.87. The standard InChI is InChI=1S/C12H16O4S/c1-10(12(13)16-2)8-9-17(14,15)11-6-4-3-5-7-11/h3-7,10H,8-9H2,1-2H3. The Morgan fingerprint density at radius 2 is 1.88 bits per heavy atom. The molecule has 0 aromatic heterocycles. The number of sulfone groups is 1. The number of esters is 1. The molecule has 94 valence electrons. The Balaban J connectivity index is 2.66. The Bertz CT molecular complexity index is 465. The van der Waals surface area contributed by atoms with Gasteiger partial charge in [-0.05, 0) is 18.6 Å². The van der Waals surface area contributed by atoms with Crippen LogP contribution in [0, 0.1) is 5.92 Å². The van der Waals surface area contributed by atoms with Gasteiger partial charge in [-0.1, -0.05) is 25.1 Å². The Morgan fingerprint density at radius 1 is 1.29 bits per heavy atom. The van der Waals surface area contributed by atoms with Crippen LogP contribution in [-0.4, -0.2) is 27.2 Å². The molecule has 0 N–H and O–H groups in total. The second kappa shape index (κ2) is 5.82. The number of carbonyl (C=O) groups excluding carboxylic acids is 1. The van der Waals surface area contributed by atoms with E-state index in [1.165, 1.54) is 7.11 Å². The van der Waals surface area contributed by atoms with Crippen LogP contribution in [0.2, 0.25) is 0 Å². The number of benzene rings is 1. The summed E-state index contributed by atoms with van der Waals surface area (Å²) < 4.78 is 28.3. The molecule has 1 aromatic rings. The van der Waals surface area contributed by atoms with Gasteiger partial charge < -0.3 is 4.74 Å². The number of carbonyl (C=O) groups is 1. The molecule has 0 aliphatic carbocycles. The molecule has 17 heavy (non-hydrogen) atoms. The minimum Gasteiger partial charge on any atom is -0.469 e. The summed E-state index contributed by atoms with van der Waals surface area (Å²) in [7, 11) is -2.01. The average Bonchev–Trinajstić information content (AvgIpc) is 2.36. The van der Waals surface area contributed by atoms with Gasteiger partial charge in [-0.3, -0.25) is 4.79 Å². The van der Waals surface area contributed by atoms with E-state index in [1.807, 2.05) is 0 Å². The quantitative estimate of drug-likeness (QED) is 0.752. The number of methoxy groups -OCH3 is 1. The van der Waals surface area contributed by atoms with Crippen LogP contribution >= 0.6 is 0 Å². The van der Waals surface area contributed by atoms with Crippen molar-refractivity contribution in [2.75, 3.05) is 12.9 Å². The van der Waals surface area contributed by atoms with E-state index in [0.29, 0.717) is 0 Å². The molecule has 0 saturated heterocycles. The van der Waals surface area contributed by atoms with Gasteiger partial charge >= 0.3 is 5.97 Å². The number of ether oxygens (including phenoxy) is 1. The third-order valence-corrected chi connectivity index (χ3v) is 4.29. The molecule has 1 aromatic carbocycles. The number of hydrogen-bond donors (Lipinski definition) is 0. The molecule has 1 unspecified atom stereocenters. The molecular weight excluding hydrogens is 240 g/mol. The fraction of sp³-hybridized carbons (Fsp3) is 0.417. The maximum absolute atomic E-state index is 11.9. The average molecular weight is 256 g/mol. The summed E-state index contributed by atoms with van der Waals surface area (Å²) in [4.78, 5) is 11.4. The maximum Gasteiger partial charge on any atom is 0.308 e. The summed E-state index contributed by atoms with van der Waals surface area (Å²) in [5.74, 6) is -0.834. The van der Waals surface area contributed by atoms with Crippen LogP contribution < -0.4 is 0 Å². The van der Waals surface area contributed by atoms with E-state index >= 15 is 0 Å². The van der Waals surface area contributed by atoms with E-state index in [-0.39, 0.29) is 23.0 Å². The highest BCUT2D eigenvalue weighted by molar-refractivity contribution is 7.91. The van der Waals surface area contributed by atoms with Gasteiger partial charge in [0.25, 0.3) is 0 Å². The van der Waals surface area contributed by atoms with E-state index < -0.39 is 15.8 Å². The molecule has 5 heteroatoms. The predicted molar refractivity (Wildman–Crippen MR) is 64.3 cm³/mol. The van der Waals surface area contributed by atoms with Gasteiger partial charge in [-0.15, -0.1) is 0 Å². The zero-order valence-corrected chi connectivity index (χ0v) is 10.7. The van der Waals surface area contributed by atoms with Crippen LogP contribution in [0.25, 0.3) is 0 Å². The lowest BCUT2D eigenvalue weighted by atomic mass is 10.1. The Labute approximate surface area is 102 Å². The first-order valence-corrected chi connectivity index (χ1v) is 6.98. The molecule has 0 amide bonds. The van der Waals surface area contributed by atoms with E-state index in [1.54, 1.807) is 37.3 Å². The first-order valence-electron chi connectivity index (χ1n) is 5.33. The fourth-order valence-electron chi connectivity index (χ4n) is 1.40. The van der Waals surface area contributed by atoms with Gasteiger partial charge in [-0.25, -0.2) is 8.42 Å². The molecule has 0 aliphatic heterocycles. The van der Waals surface area contributed by atoms with Gasteiger partial charge in [-0.2, -0.15) is 0 Å². The summed E-state index contributed by atoms with van der Waals surface area (Å²) in [5, 5.41) is 0. The molecular formula is C12H16O4S. The summed E-state index contributed by atoms with van der Waals surface area (Å²) in [6, 6.07) is 8.22. The van der Waals surface area contributed by atoms with E-state index in [2.05, 4.69) is 4.74 Å². The summed E-state index contributed by atoms with van der Waals surface area (Å²) >= 11 is 0. The predicted octanol–water partition coefficient (Wildman–Crippen LogP) is 1.66. The Kier molecular flexibility index (Phi) is 4.69. The summed E-state index contributed by atoms with van der Waals surface area (Å²) in [6.45, 7) is 1.66. The van der Waals surface area contributed by atoms with Crippen LogP contribution in [0.5, 0.6) is 0 Å². The van der Waals surface area contributed by atoms with Crippen molar-refractivity contribution >= 4 is 15.8 Å². The topological polar surface area (TPSA) is 60.4 Å². The van der Waals surface area contributed by atoms with Crippen molar-refractivity contribution < 1.29 is 17.9 Å². The maximum atomic E-state index is 11.9. The van der Waals surface area contributed by atoms with Gasteiger partial charge in [0.2, 0.25) is 0 Å². The third kappa shape index (κ3) is 3.85. The van der Waals surface area contributed by atoms with Gasteiger partial charge in [0.1, 0.15) is 0 Å². The highest BCUT2D eigenvalue weighted by atomic mass is 32.2. The van der Waals surface area contributed by atoms with E-state index in [4.69, 9.17) is 0 Å². The summed E-state index contributed by atoms with van der Waals surface area (Å²) in [5.41, 5.74) is 0. The SMILES string of the molecule is COC(=O)C(C)CCS(=O)(=O)c1ccccc1. The molecule has 0 heterocycles. The molecule has 4 nitrogen and oxygen atoms in total. The molecule has 1 atom stereocenters. The van der Waals surface area contributed by atoms with Crippen molar-refractivity contribution in [1.29, 1.82) is 0 Å². The molecule has 1 rings (SSSR count). The zero-order chi connectivity index (χ0) is 12.9. The Morgan fingerprint density at radius 3 is 2.41 bits per heavy atom. The van der Waals surface area contributed by atoms with Gasteiger partial charge in [0, 0.05) is 0 Å². The molecule has 0 aliphatic rings. The highest BCUT2D eigenvalue weighted by Crippen LogP contribution is 2.14. The van der Waals surface area contributed by atoms with E-state index in [9.17, 15) is 13.2 Å². The molecule has 0 spiro atoms. The van der Waals surface area contributed by atoms with Crippen molar-refractivity contribution in [3.05, 3.63) is 30.3 Å². The second-order valence-corrected chi connectivity index (χ2v) is 5.95. The lowest BCUT2D eigenvalue weighted by molar-refractivity contribution is -0.144. The first kappa shape index (κ1) is 13.7. The molecule has 0 radical (unpaired) electrons. The summed E-state index contributed by atoms with van der Waals surface area (Å²) in [6.07, 6.45) is 0.268. The monoisotopic (exact) mass is 256 g/mol. The van der Waals surface area contributed by atoms with Gasteiger partial charge in [0.05, 0.1) is 23.7 Å². The van der Waals surface area contributed by atoms with E-state index in [0.717, 1.165) is 0 Å². The van der Waals surface area contributed by atoms with Crippen molar-refractivity contribution in [2.24, 2.45) is 5.92 Å². The van der Waals surface area contributed by atoms with Crippen molar-refractivity contribution in [2.45, 2.75) is 18.2 Å². The number of hydrogen-bond acceptors (Lipinski definition) is 4. The largest absolute Gasteiger partial charge is 0.469 e. The van der Waals surface area contributed by atoms with Crippen LogP contribution in [0.3, 0.4) is 0 Å². The van der Waals surface area contributed by atoms with Gasteiger partial charge in [0.15, 0.2) is 9.84 Å². The molecule has 0 saturated carbocycles. The normalized spacial score (nSPS) is 13.1. The lowest BCUT2D eigenvalue weighted by Crippen LogP contribution is -2.17. The molecule has 0 fully saturated rings. The minimum atomic E-state index is -3.30. The highest BCUT2D eigenvalue weighted by Gasteiger charge is 2.19. The van der Waals surface area contributed by atoms with Crippen LogP contribution in [0.4, 0.5) is 0 Å². The van der Waals surface area contributed by atoms with Crippen molar-refractivity contribution in [3.8, 4) is 0 Å². The lowest BCUT2D eigenvalue weighted by Gasteiger charge is -2.09. The van der Waals surface area contributed by atoms with Crippen LogP contribution in [0.1, 0.15) is 13.3 Å². The van der Waals surface area contributed by atoms with Crippen LogP contribution in [0.15, 0.2) is 35.2 Å². The smallest absolute Gasteiger partial charge is 0.308 e. The Hall–Kier alpha value is -1.36.